The first kappa shape index (κ1) is 14.7. The topological polar surface area (TPSA) is 49.8 Å². The molecule has 0 aromatic heterocycles. The van der Waals surface area contributed by atoms with Gasteiger partial charge in [-0.05, 0) is 42.0 Å². The van der Waals surface area contributed by atoms with E-state index in [2.05, 4.69) is 15.9 Å². The average Bonchev–Trinajstić information content (AvgIpc) is 2.72. The number of fused-ring (bicyclic) bond motifs is 1. The molecule has 0 bridgehead atoms. The summed E-state index contributed by atoms with van der Waals surface area (Å²) in [6.45, 7) is 0. The van der Waals surface area contributed by atoms with Crippen molar-refractivity contribution in [3.05, 3.63) is 52.0 Å². The molecule has 1 N–H and O–H groups in total. The molecule has 1 amide bonds. The quantitative estimate of drug-likeness (QED) is 0.832. The van der Waals surface area contributed by atoms with E-state index < -0.39 is 0 Å². The van der Waals surface area contributed by atoms with E-state index in [0.717, 1.165) is 21.3 Å². The molecule has 0 saturated heterocycles. The Hall–Kier alpha value is -2.27. The maximum atomic E-state index is 12.4. The monoisotopic (exact) mass is 359 g/mol. The number of carbonyl (C=O) groups is 1. The van der Waals surface area contributed by atoms with E-state index in [1.807, 2.05) is 18.2 Å². The number of hydrogen-bond donors (Lipinski definition) is 1. The van der Waals surface area contributed by atoms with Crippen molar-refractivity contribution in [2.45, 2.75) is 0 Å². The summed E-state index contributed by atoms with van der Waals surface area (Å²) in [5.74, 6) is 0.383. The summed E-state index contributed by atoms with van der Waals surface area (Å²) in [5, 5.41) is 9.87. The van der Waals surface area contributed by atoms with E-state index in [9.17, 15) is 9.90 Å². The highest BCUT2D eigenvalue weighted by molar-refractivity contribution is 9.10. The minimum atomic E-state index is -0.0663. The van der Waals surface area contributed by atoms with Crippen molar-refractivity contribution in [2.75, 3.05) is 19.1 Å². The Morgan fingerprint density at radius 3 is 2.68 bits per heavy atom. The van der Waals surface area contributed by atoms with Gasteiger partial charge in [-0.15, -0.1) is 0 Å². The van der Waals surface area contributed by atoms with E-state index in [4.69, 9.17) is 4.74 Å². The number of methoxy groups -OCH3 is 1. The number of carbonyl (C=O) groups excluding carboxylic acids is 1. The smallest absolute Gasteiger partial charge is 0.258 e. The Labute approximate surface area is 136 Å². The van der Waals surface area contributed by atoms with Crippen LogP contribution < -0.4 is 9.64 Å². The normalized spacial score (nSPS) is 15.3. The Bertz CT molecular complexity index is 798. The van der Waals surface area contributed by atoms with E-state index in [-0.39, 0.29) is 11.7 Å². The number of ether oxygens (including phenoxy) is 1. The zero-order valence-corrected chi connectivity index (χ0v) is 13.7. The van der Waals surface area contributed by atoms with Crippen LogP contribution in [0.3, 0.4) is 0 Å². The summed E-state index contributed by atoms with van der Waals surface area (Å²) in [7, 11) is 3.25. The largest absolute Gasteiger partial charge is 0.504 e. The second-order valence-electron chi connectivity index (χ2n) is 5.01. The third-order valence-corrected chi connectivity index (χ3v) is 4.15. The van der Waals surface area contributed by atoms with Gasteiger partial charge in [0.15, 0.2) is 11.5 Å². The van der Waals surface area contributed by atoms with Crippen LogP contribution in [0.25, 0.3) is 11.6 Å². The molecule has 22 heavy (non-hydrogen) atoms. The summed E-state index contributed by atoms with van der Waals surface area (Å²) in [6, 6.07) is 10.8. The zero-order valence-electron chi connectivity index (χ0n) is 12.1. The van der Waals surface area contributed by atoms with Gasteiger partial charge in [0.05, 0.1) is 12.8 Å². The minimum absolute atomic E-state index is 0.0464. The summed E-state index contributed by atoms with van der Waals surface area (Å²) >= 11 is 3.43. The highest BCUT2D eigenvalue weighted by Gasteiger charge is 2.29. The lowest BCUT2D eigenvalue weighted by Crippen LogP contribution is -2.20. The van der Waals surface area contributed by atoms with Crippen LogP contribution in [-0.4, -0.2) is 25.2 Å². The number of nitrogens with zero attached hydrogens (tertiary/aromatic N) is 1. The molecule has 0 fully saturated rings. The standard InChI is InChI=1S/C17H14BrNO3/c1-19-14-5-4-11(18)9-12(14)13(17(19)21)7-10-3-6-16(22-2)15(20)8-10/h3-9,20H,1-2H3/b13-7-. The maximum absolute atomic E-state index is 12.4. The fourth-order valence-corrected chi connectivity index (χ4v) is 2.89. The number of rotatable bonds is 2. The Morgan fingerprint density at radius 2 is 2.00 bits per heavy atom. The lowest BCUT2D eigenvalue weighted by molar-refractivity contribution is -0.112. The maximum Gasteiger partial charge on any atom is 0.258 e. The number of phenolic OH excluding ortho intramolecular Hbond substituents is 1. The third kappa shape index (κ3) is 2.37. The second-order valence-corrected chi connectivity index (χ2v) is 5.93. The zero-order chi connectivity index (χ0) is 15.9. The molecule has 0 spiro atoms. The van der Waals surface area contributed by atoms with Gasteiger partial charge in [0.1, 0.15) is 0 Å². The van der Waals surface area contributed by atoms with Crippen molar-refractivity contribution in [1.82, 2.24) is 0 Å². The van der Waals surface area contributed by atoms with Crippen LogP contribution in [0.2, 0.25) is 0 Å². The summed E-state index contributed by atoms with van der Waals surface area (Å²) < 4.78 is 5.94. The first-order valence-electron chi connectivity index (χ1n) is 6.68. The molecule has 3 rings (SSSR count). The SMILES string of the molecule is COc1ccc(/C=C2\C(=O)N(C)c3ccc(Br)cc32)cc1O. The van der Waals surface area contributed by atoms with E-state index in [1.54, 1.807) is 36.2 Å². The lowest BCUT2D eigenvalue weighted by Gasteiger charge is -2.08. The number of halogens is 1. The number of hydrogen-bond acceptors (Lipinski definition) is 3. The highest BCUT2D eigenvalue weighted by Crippen LogP contribution is 2.39. The Kier molecular flexibility index (Phi) is 3.66. The molecule has 0 aliphatic carbocycles. The third-order valence-electron chi connectivity index (χ3n) is 3.66. The predicted octanol–water partition coefficient (Wildman–Crippen LogP) is 3.68. The summed E-state index contributed by atoms with van der Waals surface area (Å²) in [4.78, 5) is 14.1. The molecule has 5 heteroatoms. The van der Waals surface area contributed by atoms with Crippen LogP contribution in [-0.2, 0) is 4.79 Å². The summed E-state index contributed by atoms with van der Waals surface area (Å²) in [5.41, 5.74) is 3.08. The van der Waals surface area contributed by atoms with Crippen LogP contribution >= 0.6 is 15.9 Å². The van der Waals surface area contributed by atoms with Crippen molar-refractivity contribution < 1.29 is 14.6 Å². The van der Waals surface area contributed by atoms with Gasteiger partial charge in [0, 0.05) is 22.7 Å². The number of phenols is 1. The molecule has 0 unspecified atom stereocenters. The molecular formula is C17H14BrNO3. The number of likely N-dealkylation sites (N-methyl/N-ethyl adjacent to an activating group) is 1. The van der Waals surface area contributed by atoms with Gasteiger partial charge in [-0.3, -0.25) is 4.79 Å². The van der Waals surface area contributed by atoms with Crippen molar-refractivity contribution in [2.24, 2.45) is 0 Å². The van der Waals surface area contributed by atoms with Crippen molar-refractivity contribution in [1.29, 1.82) is 0 Å². The number of benzene rings is 2. The molecule has 112 valence electrons. The second kappa shape index (κ2) is 5.50. The fraction of sp³-hybridized carbons (Fsp3) is 0.118. The van der Waals surface area contributed by atoms with Gasteiger partial charge in [-0.2, -0.15) is 0 Å². The fourth-order valence-electron chi connectivity index (χ4n) is 2.52. The van der Waals surface area contributed by atoms with Gasteiger partial charge in [0.2, 0.25) is 0 Å². The number of anilines is 1. The lowest BCUT2D eigenvalue weighted by atomic mass is 10.0. The Morgan fingerprint density at radius 1 is 1.23 bits per heavy atom. The highest BCUT2D eigenvalue weighted by atomic mass is 79.9. The van der Waals surface area contributed by atoms with E-state index in [1.165, 1.54) is 7.11 Å². The van der Waals surface area contributed by atoms with Gasteiger partial charge in [0.25, 0.3) is 5.91 Å². The van der Waals surface area contributed by atoms with E-state index >= 15 is 0 Å². The molecular weight excluding hydrogens is 346 g/mol. The molecule has 0 radical (unpaired) electrons. The predicted molar refractivity (Wildman–Crippen MR) is 90.1 cm³/mol. The van der Waals surface area contributed by atoms with Crippen molar-refractivity contribution in [3.63, 3.8) is 0 Å². The van der Waals surface area contributed by atoms with Crippen LogP contribution in [0.15, 0.2) is 40.9 Å². The van der Waals surface area contributed by atoms with Gasteiger partial charge < -0.3 is 14.7 Å². The van der Waals surface area contributed by atoms with Gasteiger partial charge in [-0.25, -0.2) is 0 Å². The van der Waals surface area contributed by atoms with Crippen LogP contribution in [0.5, 0.6) is 11.5 Å². The van der Waals surface area contributed by atoms with Gasteiger partial charge >= 0.3 is 0 Å². The molecule has 2 aromatic rings. The number of amides is 1. The average molecular weight is 360 g/mol. The first-order chi connectivity index (χ1) is 10.5. The molecule has 1 aliphatic rings. The number of aromatic hydroxyl groups is 1. The molecule has 0 saturated carbocycles. The molecule has 1 aliphatic heterocycles. The van der Waals surface area contributed by atoms with Crippen molar-refractivity contribution in [3.8, 4) is 11.5 Å². The first-order valence-corrected chi connectivity index (χ1v) is 7.47. The van der Waals surface area contributed by atoms with E-state index in [0.29, 0.717) is 11.3 Å². The van der Waals surface area contributed by atoms with Crippen molar-refractivity contribution >= 4 is 39.2 Å². The van der Waals surface area contributed by atoms with Crippen LogP contribution in [0, 0.1) is 0 Å². The molecule has 0 atom stereocenters. The molecule has 4 nitrogen and oxygen atoms in total. The molecule has 1 heterocycles. The molecule has 2 aromatic carbocycles. The Balaban J connectivity index is 2.10. The summed E-state index contributed by atoms with van der Waals surface area (Å²) in [6.07, 6.45) is 1.77. The van der Waals surface area contributed by atoms with Gasteiger partial charge in [-0.1, -0.05) is 22.0 Å². The van der Waals surface area contributed by atoms with Crippen LogP contribution in [0.1, 0.15) is 11.1 Å². The minimum Gasteiger partial charge on any atom is -0.504 e. The van der Waals surface area contributed by atoms with Crippen LogP contribution in [0.4, 0.5) is 5.69 Å².